The fourth-order valence-electron chi connectivity index (χ4n) is 3.15. The summed E-state index contributed by atoms with van der Waals surface area (Å²) < 4.78 is 5.24. The molecule has 1 atom stereocenters. The lowest BCUT2D eigenvalue weighted by atomic mass is 9.86. The number of aliphatic hydroxyl groups excluding tert-OH is 1. The number of hydrogen-bond acceptors (Lipinski definition) is 3. The Balaban J connectivity index is 1.63. The highest BCUT2D eigenvalue weighted by atomic mass is 16.5. The van der Waals surface area contributed by atoms with E-state index in [1.807, 2.05) is 0 Å². The molecule has 0 bridgehead atoms. The minimum absolute atomic E-state index is 0.0531. The molecule has 1 unspecified atom stereocenters. The number of hydrogen-bond donors (Lipinski definition) is 2. The standard InChI is InChI=1S/C17H25NO2/c1-13(18-9-17(10-19)11-20-12-17)15-7-6-14-4-2-3-5-16(14)8-15/h6-8,13,18-19H,2-5,9-12H2,1H3. The Labute approximate surface area is 121 Å². The lowest BCUT2D eigenvalue weighted by Gasteiger charge is -2.40. The number of aryl methyl sites for hydroxylation is 2. The van der Waals surface area contributed by atoms with Gasteiger partial charge in [-0.15, -0.1) is 0 Å². The fourth-order valence-corrected chi connectivity index (χ4v) is 3.15. The Hall–Kier alpha value is -0.900. The largest absolute Gasteiger partial charge is 0.396 e. The average Bonchev–Trinajstić information content (AvgIpc) is 2.46. The fraction of sp³-hybridized carbons (Fsp3) is 0.647. The minimum Gasteiger partial charge on any atom is -0.396 e. The van der Waals surface area contributed by atoms with Crippen LogP contribution in [0.3, 0.4) is 0 Å². The first kappa shape index (κ1) is 14.1. The molecule has 3 heteroatoms. The average molecular weight is 275 g/mol. The number of aliphatic hydroxyl groups is 1. The number of nitrogens with one attached hydrogen (secondary N) is 1. The molecule has 3 nitrogen and oxygen atoms in total. The van der Waals surface area contributed by atoms with E-state index < -0.39 is 0 Å². The van der Waals surface area contributed by atoms with Crippen molar-refractivity contribution < 1.29 is 9.84 Å². The minimum atomic E-state index is -0.0531. The van der Waals surface area contributed by atoms with Crippen molar-refractivity contribution in [2.45, 2.75) is 38.6 Å². The van der Waals surface area contributed by atoms with Crippen molar-refractivity contribution in [3.8, 4) is 0 Å². The predicted molar refractivity (Wildman–Crippen MR) is 79.8 cm³/mol. The van der Waals surface area contributed by atoms with Crippen molar-refractivity contribution in [2.24, 2.45) is 5.41 Å². The summed E-state index contributed by atoms with van der Waals surface area (Å²) in [4.78, 5) is 0. The van der Waals surface area contributed by atoms with Crippen LogP contribution in [-0.4, -0.2) is 31.5 Å². The first-order valence-corrected chi connectivity index (χ1v) is 7.76. The van der Waals surface area contributed by atoms with Gasteiger partial charge in [-0.3, -0.25) is 0 Å². The highest BCUT2D eigenvalue weighted by Crippen LogP contribution is 2.28. The molecule has 1 heterocycles. The second-order valence-electron chi connectivity index (χ2n) is 6.49. The Kier molecular flexibility index (Phi) is 4.11. The molecule has 2 N–H and O–H groups in total. The van der Waals surface area contributed by atoms with Gasteiger partial charge in [-0.05, 0) is 49.3 Å². The summed E-state index contributed by atoms with van der Waals surface area (Å²) in [5, 5.41) is 13.0. The molecule has 2 aliphatic rings. The molecule has 0 spiro atoms. The van der Waals surface area contributed by atoms with Gasteiger partial charge in [0.2, 0.25) is 0 Å². The molecule has 1 fully saturated rings. The smallest absolute Gasteiger partial charge is 0.0579 e. The van der Waals surface area contributed by atoms with E-state index in [1.54, 1.807) is 0 Å². The molecule has 1 aliphatic carbocycles. The van der Waals surface area contributed by atoms with Crippen LogP contribution in [0.1, 0.15) is 42.5 Å². The zero-order valence-corrected chi connectivity index (χ0v) is 12.3. The zero-order valence-electron chi connectivity index (χ0n) is 12.3. The summed E-state index contributed by atoms with van der Waals surface area (Å²) in [6.45, 7) is 4.58. The lowest BCUT2D eigenvalue weighted by Crippen LogP contribution is -2.52. The van der Waals surface area contributed by atoms with E-state index in [0.717, 1.165) is 6.54 Å². The number of rotatable bonds is 5. The summed E-state index contributed by atoms with van der Waals surface area (Å²) in [5.74, 6) is 0. The third kappa shape index (κ3) is 2.76. The van der Waals surface area contributed by atoms with Gasteiger partial charge in [0, 0.05) is 12.6 Å². The van der Waals surface area contributed by atoms with Gasteiger partial charge in [0.1, 0.15) is 0 Å². The molecule has 1 aromatic rings. The van der Waals surface area contributed by atoms with E-state index in [2.05, 4.69) is 30.4 Å². The summed E-state index contributed by atoms with van der Waals surface area (Å²) in [6.07, 6.45) is 5.12. The van der Waals surface area contributed by atoms with Crippen LogP contribution in [0, 0.1) is 5.41 Å². The van der Waals surface area contributed by atoms with Crippen LogP contribution in [0.4, 0.5) is 0 Å². The normalized spacial score (nSPS) is 21.9. The van der Waals surface area contributed by atoms with Crippen molar-refractivity contribution in [1.82, 2.24) is 5.32 Å². The van der Waals surface area contributed by atoms with Crippen molar-refractivity contribution in [3.05, 3.63) is 34.9 Å². The van der Waals surface area contributed by atoms with Crippen molar-refractivity contribution >= 4 is 0 Å². The van der Waals surface area contributed by atoms with Crippen LogP contribution in [0.15, 0.2) is 18.2 Å². The van der Waals surface area contributed by atoms with Crippen molar-refractivity contribution in [2.75, 3.05) is 26.4 Å². The second-order valence-corrected chi connectivity index (χ2v) is 6.49. The van der Waals surface area contributed by atoms with E-state index in [9.17, 15) is 5.11 Å². The maximum Gasteiger partial charge on any atom is 0.0579 e. The molecule has 0 aromatic heterocycles. The highest BCUT2D eigenvalue weighted by Gasteiger charge is 2.38. The molecule has 1 aliphatic heterocycles. The van der Waals surface area contributed by atoms with Gasteiger partial charge in [0.25, 0.3) is 0 Å². The van der Waals surface area contributed by atoms with E-state index in [1.165, 1.54) is 42.4 Å². The number of benzene rings is 1. The van der Waals surface area contributed by atoms with Gasteiger partial charge in [0.15, 0.2) is 0 Å². The number of ether oxygens (including phenoxy) is 1. The van der Waals surface area contributed by atoms with Gasteiger partial charge in [0.05, 0.1) is 25.2 Å². The van der Waals surface area contributed by atoms with Gasteiger partial charge in [-0.25, -0.2) is 0 Å². The first-order valence-electron chi connectivity index (χ1n) is 7.76. The van der Waals surface area contributed by atoms with Crippen LogP contribution in [0.25, 0.3) is 0 Å². The van der Waals surface area contributed by atoms with Crippen LogP contribution < -0.4 is 5.32 Å². The molecule has 1 aromatic carbocycles. The monoisotopic (exact) mass is 275 g/mol. The Morgan fingerprint density at radius 1 is 1.25 bits per heavy atom. The summed E-state index contributed by atoms with van der Waals surface area (Å²) in [7, 11) is 0. The summed E-state index contributed by atoms with van der Waals surface area (Å²) in [5.41, 5.74) is 4.37. The van der Waals surface area contributed by atoms with Gasteiger partial charge in [-0.1, -0.05) is 18.2 Å². The third-order valence-corrected chi connectivity index (χ3v) is 4.81. The molecular formula is C17H25NO2. The summed E-state index contributed by atoms with van der Waals surface area (Å²) >= 11 is 0. The van der Waals surface area contributed by atoms with E-state index in [-0.39, 0.29) is 12.0 Å². The van der Waals surface area contributed by atoms with Crippen LogP contribution in [0.2, 0.25) is 0 Å². The number of fused-ring (bicyclic) bond motifs is 1. The molecule has 0 saturated carbocycles. The molecule has 3 rings (SSSR count). The quantitative estimate of drug-likeness (QED) is 0.866. The van der Waals surface area contributed by atoms with Gasteiger partial charge in [-0.2, -0.15) is 0 Å². The Morgan fingerprint density at radius 2 is 2.00 bits per heavy atom. The zero-order chi connectivity index (χ0) is 14.0. The SMILES string of the molecule is CC(NCC1(CO)COC1)c1ccc2c(c1)CCCC2. The first-order chi connectivity index (χ1) is 9.72. The van der Waals surface area contributed by atoms with Gasteiger partial charge < -0.3 is 15.2 Å². The molecule has 0 radical (unpaired) electrons. The van der Waals surface area contributed by atoms with Gasteiger partial charge >= 0.3 is 0 Å². The molecule has 20 heavy (non-hydrogen) atoms. The topological polar surface area (TPSA) is 41.5 Å². The molecule has 0 amide bonds. The lowest BCUT2D eigenvalue weighted by molar-refractivity contribution is -0.135. The third-order valence-electron chi connectivity index (χ3n) is 4.81. The maximum atomic E-state index is 9.46. The molecular weight excluding hydrogens is 250 g/mol. The highest BCUT2D eigenvalue weighted by molar-refractivity contribution is 5.35. The Bertz CT molecular complexity index is 463. The van der Waals surface area contributed by atoms with E-state index >= 15 is 0 Å². The van der Waals surface area contributed by atoms with Crippen LogP contribution >= 0.6 is 0 Å². The second kappa shape index (κ2) is 5.84. The van der Waals surface area contributed by atoms with Crippen molar-refractivity contribution in [3.63, 3.8) is 0 Å². The molecule has 1 saturated heterocycles. The molecule has 110 valence electrons. The van der Waals surface area contributed by atoms with E-state index in [4.69, 9.17) is 4.74 Å². The van der Waals surface area contributed by atoms with Crippen LogP contribution in [-0.2, 0) is 17.6 Å². The Morgan fingerprint density at radius 3 is 2.65 bits per heavy atom. The van der Waals surface area contributed by atoms with Crippen molar-refractivity contribution in [1.29, 1.82) is 0 Å². The van der Waals surface area contributed by atoms with Crippen LogP contribution in [0.5, 0.6) is 0 Å². The maximum absolute atomic E-state index is 9.46. The predicted octanol–water partition coefficient (Wildman–Crippen LogP) is 2.22. The summed E-state index contributed by atoms with van der Waals surface area (Å²) in [6, 6.07) is 7.25. The van der Waals surface area contributed by atoms with E-state index in [0.29, 0.717) is 19.3 Å².